The molecular formula is C18H23ClFN5O2. The molecule has 1 saturated carbocycles. The molecule has 0 spiro atoms. The predicted molar refractivity (Wildman–Crippen MR) is 98.7 cm³/mol. The fourth-order valence-electron chi connectivity index (χ4n) is 3.00. The first-order valence-corrected chi connectivity index (χ1v) is 9.13. The van der Waals surface area contributed by atoms with Gasteiger partial charge in [-0.25, -0.2) is 14.2 Å². The van der Waals surface area contributed by atoms with Crippen LogP contribution in [0.25, 0.3) is 11.3 Å². The van der Waals surface area contributed by atoms with E-state index in [4.69, 9.17) is 16.3 Å². The number of nitrogens with zero attached hydrogens (tertiary/aromatic N) is 5. The molecule has 1 atom stereocenters. The summed E-state index contributed by atoms with van der Waals surface area (Å²) < 4.78 is 20.1. The molecule has 27 heavy (non-hydrogen) atoms. The number of amides is 1. The minimum Gasteiger partial charge on any atom is -0.444 e. The van der Waals surface area contributed by atoms with E-state index in [-0.39, 0.29) is 22.7 Å². The number of hydrogen-bond donors (Lipinski definition) is 0. The molecule has 0 N–H and O–H groups in total. The predicted octanol–water partition coefficient (Wildman–Crippen LogP) is 3.99. The number of aromatic nitrogens is 4. The standard InChI is InChI=1S/C18H23ClFN5O2/c1-18(2,3)27-17(26)24(4)15(10-6-7-10)14-13(22-25(5)23-14)11-8-9-21-16(19)12(11)20/h8-10,15H,6-7H2,1-5H3. The van der Waals surface area contributed by atoms with Gasteiger partial charge in [-0.3, -0.25) is 0 Å². The summed E-state index contributed by atoms with van der Waals surface area (Å²) in [5.41, 5.74) is 0.470. The third-order valence-electron chi connectivity index (χ3n) is 4.29. The van der Waals surface area contributed by atoms with Crippen molar-refractivity contribution < 1.29 is 13.9 Å². The first kappa shape index (κ1) is 19.5. The fourth-order valence-corrected chi connectivity index (χ4v) is 3.15. The maximum atomic E-state index is 14.6. The van der Waals surface area contributed by atoms with Crippen molar-refractivity contribution in [3.05, 3.63) is 28.9 Å². The normalized spacial score (nSPS) is 15.5. The molecule has 1 aliphatic rings. The lowest BCUT2D eigenvalue weighted by Gasteiger charge is -2.30. The first-order chi connectivity index (χ1) is 12.6. The number of carbonyl (C=O) groups excluding carboxylic acids is 1. The van der Waals surface area contributed by atoms with E-state index in [0.717, 1.165) is 12.8 Å². The molecule has 3 rings (SSSR count). The Morgan fingerprint density at radius 3 is 2.67 bits per heavy atom. The molecular weight excluding hydrogens is 373 g/mol. The van der Waals surface area contributed by atoms with Crippen molar-refractivity contribution in [3.8, 4) is 11.3 Å². The topological polar surface area (TPSA) is 73.1 Å². The van der Waals surface area contributed by atoms with Gasteiger partial charge in [-0.15, -0.1) is 0 Å². The van der Waals surface area contributed by atoms with Gasteiger partial charge in [0.15, 0.2) is 11.0 Å². The third-order valence-corrected chi connectivity index (χ3v) is 4.55. The number of rotatable bonds is 4. The molecule has 7 nitrogen and oxygen atoms in total. The Kier molecular flexibility index (Phi) is 5.12. The molecule has 0 aromatic carbocycles. The van der Waals surface area contributed by atoms with Crippen LogP contribution in [0, 0.1) is 11.7 Å². The molecule has 2 heterocycles. The summed E-state index contributed by atoms with van der Waals surface area (Å²) in [5, 5.41) is 8.55. The lowest BCUT2D eigenvalue weighted by molar-refractivity contribution is 0.0195. The van der Waals surface area contributed by atoms with E-state index in [9.17, 15) is 9.18 Å². The van der Waals surface area contributed by atoms with Crippen molar-refractivity contribution >= 4 is 17.7 Å². The SMILES string of the molecule is CN(C(=O)OC(C)(C)C)C(c1nn(C)nc1-c1ccnc(Cl)c1F)C1CC1. The van der Waals surface area contributed by atoms with Crippen molar-refractivity contribution in [1.82, 2.24) is 24.9 Å². The maximum absolute atomic E-state index is 14.6. The summed E-state index contributed by atoms with van der Waals surface area (Å²) in [7, 11) is 3.33. The van der Waals surface area contributed by atoms with E-state index >= 15 is 0 Å². The summed E-state index contributed by atoms with van der Waals surface area (Å²) in [6.45, 7) is 5.44. The summed E-state index contributed by atoms with van der Waals surface area (Å²) in [5.74, 6) is -0.436. The number of aryl methyl sites for hydroxylation is 1. The largest absolute Gasteiger partial charge is 0.444 e. The van der Waals surface area contributed by atoms with Crippen LogP contribution in [0.4, 0.5) is 9.18 Å². The molecule has 1 fully saturated rings. The van der Waals surface area contributed by atoms with Crippen molar-refractivity contribution in [2.75, 3.05) is 7.05 Å². The Morgan fingerprint density at radius 2 is 2.07 bits per heavy atom. The monoisotopic (exact) mass is 395 g/mol. The average molecular weight is 396 g/mol. The van der Waals surface area contributed by atoms with Gasteiger partial charge in [0.05, 0.1) is 6.04 Å². The number of ether oxygens (including phenoxy) is 1. The first-order valence-electron chi connectivity index (χ1n) is 8.76. The molecule has 1 aliphatic carbocycles. The molecule has 0 saturated heterocycles. The van der Waals surface area contributed by atoms with Gasteiger partial charge in [-0.1, -0.05) is 11.6 Å². The highest BCUT2D eigenvalue weighted by Gasteiger charge is 2.42. The molecule has 146 valence electrons. The molecule has 2 aromatic heterocycles. The minimum absolute atomic E-state index is 0.210. The highest BCUT2D eigenvalue weighted by atomic mass is 35.5. The summed E-state index contributed by atoms with van der Waals surface area (Å²) >= 11 is 5.84. The van der Waals surface area contributed by atoms with E-state index < -0.39 is 17.5 Å². The van der Waals surface area contributed by atoms with E-state index in [1.807, 2.05) is 20.8 Å². The third kappa shape index (κ3) is 4.21. The van der Waals surface area contributed by atoms with Crippen LogP contribution in [0.3, 0.4) is 0 Å². The second kappa shape index (κ2) is 7.07. The fraction of sp³-hybridized carbons (Fsp3) is 0.556. The van der Waals surface area contributed by atoms with Crippen LogP contribution in [0.5, 0.6) is 0 Å². The Labute approximate surface area is 162 Å². The quantitative estimate of drug-likeness (QED) is 0.732. The van der Waals surface area contributed by atoms with E-state index in [1.165, 1.54) is 22.0 Å². The number of pyridine rings is 1. The Bertz CT molecular complexity index is 860. The van der Waals surface area contributed by atoms with Crippen LogP contribution in [-0.4, -0.2) is 43.6 Å². The lowest BCUT2D eigenvalue weighted by Crippen LogP contribution is -2.37. The molecule has 9 heteroatoms. The average Bonchev–Trinajstić information content (AvgIpc) is 3.31. The van der Waals surface area contributed by atoms with Crippen LogP contribution in [0.15, 0.2) is 12.3 Å². The zero-order valence-electron chi connectivity index (χ0n) is 16.0. The molecule has 0 aliphatic heterocycles. The second-order valence-electron chi connectivity index (χ2n) is 7.76. The van der Waals surface area contributed by atoms with Gasteiger partial charge in [0.2, 0.25) is 0 Å². The van der Waals surface area contributed by atoms with Crippen molar-refractivity contribution in [3.63, 3.8) is 0 Å². The van der Waals surface area contributed by atoms with E-state index in [2.05, 4.69) is 15.2 Å². The van der Waals surface area contributed by atoms with Crippen molar-refractivity contribution in [1.29, 1.82) is 0 Å². The van der Waals surface area contributed by atoms with Gasteiger partial charge >= 0.3 is 6.09 Å². The van der Waals surface area contributed by atoms with E-state index in [1.54, 1.807) is 14.1 Å². The number of hydrogen-bond acceptors (Lipinski definition) is 5. The lowest BCUT2D eigenvalue weighted by atomic mass is 10.0. The highest BCUT2D eigenvalue weighted by Crippen LogP contribution is 2.46. The van der Waals surface area contributed by atoms with Crippen LogP contribution in [0.2, 0.25) is 5.15 Å². The summed E-state index contributed by atoms with van der Waals surface area (Å²) in [6.07, 6.45) is 2.87. The van der Waals surface area contributed by atoms with Crippen molar-refractivity contribution in [2.45, 2.75) is 45.3 Å². The van der Waals surface area contributed by atoms with Crippen LogP contribution in [0.1, 0.15) is 45.3 Å². The van der Waals surface area contributed by atoms with Crippen LogP contribution >= 0.6 is 11.6 Å². The van der Waals surface area contributed by atoms with Gasteiger partial charge in [-0.05, 0) is 45.6 Å². The van der Waals surface area contributed by atoms with Crippen LogP contribution in [-0.2, 0) is 11.8 Å². The minimum atomic E-state index is -0.657. The van der Waals surface area contributed by atoms with Gasteiger partial charge in [0, 0.05) is 25.9 Å². The smallest absolute Gasteiger partial charge is 0.410 e. The Morgan fingerprint density at radius 1 is 1.41 bits per heavy atom. The molecule has 0 radical (unpaired) electrons. The zero-order chi connectivity index (χ0) is 19.9. The van der Waals surface area contributed by atoms with Crippen molar-refractivity contribution in [2.24, 2.45) is 13.0 Å². The summed E-state index contributed by atoms with van der Waals surface area (Å²) in [6, 6.07) is 1.14. The molecule has 2 aromatic rings. The molecule has 1 unspecified atom stereocenters. The second-order valence-corrected chi connectivity index (χ2v) is 8.12. The van der Waals surface area contributed by atoms with Gasteiger partial charge in [0.25, 0.3) is 0 Å². The summed E-state index contributed by atoms with van der Waals surface area (Å²) in [4.78, 5) is 19.3. The molecule has 1 amide bonds. The highest BCUT2D eigenvalue weighted by molar-refractivity contribution is 6.29. The Balaban J connectivity index is 2.03. The van der Waals surface area contributed by atoms with Gasteiger partial charge < -0.3 is 9.64 Å². The van der Waals surface area contributed by atoms with Gasteiger partial charge in [-0.2, -0.15) is 15.0 Å². The maximum Gasteiger partial charge on any atom is 0.410 e. The van der Waals surface area contributed by atoms with E-state index in [0.29, 0.717) is 11.4 Å². The number of carbonyl (C=O) groups is 1. The van der Waals surface area contributed by atoms with Gasteiger partial charge in [0.1, 0.15) is 17.0 Å². The number of halogens is 2. The molecule has 0 bridgehead atoms. The van der Waals surface area contributed by atoms with Crippen LogP contribution < -0.4 is 0 Å². The zero-order valence-corrected chi connectivity index (χ0v) is 16.8. The Hall–Kier alpha value is -2.22.